The standard InChI is InChI=1S/C16H25N3O3/c1-4-16(21)5-7-19(8-6-16)15(20)14-12-9-10(2)22-11(3)13(12)17-18-14/h10-11,21H,4-9H2,1-3H3,(H,17,18)/t10-,11+/m0/s1. The van der Waals surface area contributed by atoms with Crippen LogP contribution in [0.3, 0.4) is 0 Å². The maximum absolute atomic E-state index is 12.8. The summed E-state index contributed by atoms with van der Waals surface area (Å²) in [6, 6.07) is 0. The number of nitrogens with one attached hydrogen (secondary N) is 1. The molecule has 2 aliphatic rings. The normalized spacial score (nSPS) is 27.5. The molecular weight excluding hydrogens is 282 g/mol. The van der Waals surface area contributed by atoms with Gasteiger partial charge in [0.05, 0.1) is 23.5 Å². The van der Waals surface area contributed by atoms with Crippen molar-refractivity contribution in [2.24, 2.45) is 0 Å². The molecule has 0 bridgehead atoms. The number of hydrogen-bond acceptors (Lipinski definition) is 4. The Morgan fingerprint density at radius 1 is 1.45 bits per heavy atom. The smallest absolute Gasteiger partial charge is 0.274 e. The summed E-state index contributed by atoms with van der Waals surface area (Å²) in [5.41, 5.74) is 1.83. The molecule has 1 amide bonds. The van der Waals surface area contributed by atoms with Crippen molar-refractivity contribution < 1.29 is 14.6 Å². The van der Waals surface area contributed by atoms with Gasteiger partial charge >= 0.3 is 0 Å². The zero-order valence-corrected chi connectivity index (χ0v) is 13.6. The third-order valence-electron chi connectivity index (χ3n) is 5.08. The van der Waals surface area contributed by atoms with Gasteiger partial charge < -0.3 is 14.7 Å². The van der Waals surface area contributed by atoms with Gasteiger partial charge in [0, 0.05) is 25.1 Å². The molecule has 2 atom stereocenters. The first-order valence-corrected chi connectivity index (χ1v) is 8.18. The van der Waals surface area contributed by atoms with Crippen LogP contribution in [-0.2, 0) is 11.2 Å². The van der Waals surface area contributed by atoms with Crippen LogP contribution in [0.4, 0.5) is 0 Å². The van der Waals surface area contributed by atoms with E-state index in [0.717, 1.165) is 17.7 Å². The summed E-state index contributed by atoms with van der Waals surface area (Å²) in [6.07, 6.45) is 2.76. The maximum Gasteiger partial charge on any atom is 0.274 e. The molecule has 3 heterocycles. The van der Waals surface area contributed by atoms with E-state index in [1.807, 2.05) is 25.7 Å². The quantitative estimate of drug-likeness (QED) is 0.873. The van der Waals surface area contributed by atoms with Gasteiger partial charge in [-0.1, -0.05) is 6.92 Å². The minimum atomic E-state index is -0.612. The van der Waals surface area contributed by atoms with Crippen LogP contribution in [0.1, 0.15) is 67.9 Å². The Balaban J connectivity index is 1.77. The van der Waals surface area contributed by atoms with Gasteiger partial charge in [-0.15, -0.1) is 0 Å². The van der Waals surface area contributed by atoms with Crippen LogP contribution >= 0.6 is 0 Å². The molecule has 0 aliphatic carbocycles. The van der Waals surface area contributed by atoms with Crippen LogP contribution in [0.2, 0.25) is 0 Å². The van der Waals surface area contributed by atoms with Gasteiger partial charge in [-0.2, -0.15) is 5.10 Å². The molecule has 0 unspecified atom stereocenters. The van der Waals surface area contributed by atoms with Crippen LogP contribution in [0.15, 0.2) is 0 Å². The molecule has 0 saturated carbocycles. The van der Waals surface area contributed by atoms with Crippen molar-refractivity contribution in [3.05, 3.63) is 17.0 Å². The number of H-pyrrole nitrogens is 1. The first kappa shape index (κ1) is 15.5. The Morgan fingerprint density at radius 2 is 2.14 bits per heavy atom. The molecule has 0 radical (unpaired) electrons. The van der Waals surface area contributed by atoms with Crippen LogP contribution in [0.25, 0.3) is 0 Å². The Hall–Kier alpha value is -1.40. The fraction of sp³-hybridized carbons (Fsp3) is 0.750. The molecular formula is C16H25N3O3. The van der Waals surface area contributed by atoms with Crippen LogP contribution in [0, 0.1) is 0 Å². The largest absolute Gasteiger partial charge is 0.390 e. The average Bonchev–Trinajstić information content (AvgIpc) is 2.91. The molecule has 1 aromatic rings. The predicted molar refractivity (Wildman–Crippen MR) is 81.6 cm³/mol. The van der Waals surface area contributed by atoms with Gasteiger partial charge in [0.2, 0.25) is 0 Å². The van der Waals surface area contributed by atoms with Crippen LogP contribution in [0.5, 0.6) is 0 Å². The van der Waals surface area contributed by atoms with E-state index < -0.39 is 5.60 Å². The van der Waals surface area contributed by atoms with E-state index in [4.69, 9.17) is 4.74 Å². The second-order valence-corrected chi connectivity index (χ2v) is 6.63. The second-order valence-electron chi connectivity index (χ2n) is 6.63. The lowest BCUT2D eigenvalue weighted by Crippen LogP contribution is -2.46. The molecule has 22 heavy (non-hydrogen) atoms. The number of hydrogen-bond donors (Lipinski definition) is 2. The topological polar surface area (TPSA) is 78.5 Å². The number of rotatable bonds is 2. The second kappa shape index (κ2) is 5.66. The van der Waals surface area contributed by atoms with E-state index in [1.54, 1.807) is 0 Å². The molecule has 3 rings (SSSR count). The molecule has 0 aromatic carbocycles. The van der Waals surface area contributed by atoms with Crippen molar-refractivity contribution in [1.82, 2.24) is 15.1 Å². The Morgan fingerprint density at radius 3 is 2.77 bits per heavy atom. The lowest BCUT2D eigenvalue weighted by molar-refractivity contribution is -0.0196. The molecule has 6 nitrogen and oxygen atoms in total. The van der Waals surface area contributed by atoms with Crippen molar-refractivity contribution >= 4 is 5.91 Å². The molecule has 2 N–H and O–H groups in total. The third-order valence-corrected chi connectivity index (χ3v) is 5.08. The highest BCUT2D eigenvalue weighted by atomic mass is 16.5. The van der Waals surface area contributed by atoms with E-state index in [2.05, 4.69) is 10.2 Å². The zero-order valence-electron chi connectivity index (χ0n) is 13.6. The molecule has 1 saturated heterocycles. The van der Waals surface area contributed by atoms with Gasteiger partial charge in [-0.3, -0.25) is 9.89 Å². The van der Waals surface area contributed by atoms with Gasteiger partial charge in [-0.25, -0.2) is 0 Å². The first-order chi connectivity index (χ1) is 10.4. The zero-order chi connectivity index (χ0) is 15.9. The van der Waals surface area contributed by atoms with Crippen LogP contribution in [-0.4, -0.2) is 50.9 Å². The molecule has 2 aliphatic heterocycles. The summed E-state index contributed by atoms with van der Waals surface area (Å²) >= 11 is 0. The summed E-state index contributed by atoms with van der Waals surface area (Å²) in [6.45, 7) is 7.16. The number of carbonyl (C=O) groups is 1. The van der Waals surface area contributed by atoms with E-state index in [-0.39, 0.29) is 18.1 Å². The minimum Gasteiger partial charge on any atom is -0.390 e. The first-order valence-electron chi connectivity index (χ1n) is 8.18. The SMILES string of the molecule is CCC1(O)CCN(C(=O)c2n[nH]c3c2C[C@H](C)O[C@@H]3C)CC1. The number of aliphatic hydroxyl groups is 1. The summed E-state index contributed by atoms with van der Waals surface area (Å²) in [7, 11) is 0. The summed E-state index contributed by atoms with van der Waals surface area (Å²) in [4.78, 5) is 14.6. The summed E-state index contributed by atoms with van der Waals surface area (Å²) < 4.78 is 5.76. The average molecular weight is 307 g/mol. The molecule has 122 valence electrons. The van der Waals surface area contributed by atoms with E-state index in [9.17, 15) is 9.90 Å². The van der Waals surface area contributed by atoms with Crippen molar-refractivity contribution in [2.45, 2.75) is 64.3 Å². The van der Waals surface area contributed by atoms with E-state index in [0.29, 0.717) is 38.0 Å². The predicted octanol–water partition coefficient (Wildman–Crippen LogP) is 1.81. The van der Waals surface area contributed by atoms with Crippen molar-refractivity contribution in [2.75, 3.05) is 13.1 Å². The molecule has 6 heteroatoms. The van der Waals surface area contributed by atoms with Gasteiger partial charge in [-0.05, 0) is 33.1 Å². The Bertz CT molecular complexity index is 561. The number of fused-ring (bicyclic) bond motifs is 1. The number of piperidine rings is 1. The lowest BCUT2D eigenvalue weighted by atomic mass is 9.88. The van der Waals surface area contributed by atoms with Crippen molar-refractivity contribution in [3.8, 4) is 0 Å². The highest BCUT2D eigenvalue weighted by Crippen LogP contribution is 2.32. The molecule has 0 spiro atoms. The lowest BCUT2D eigenvalue weighted by Gasteiger charge is -2.37. The highest BCUT2D eigenvalue weighted by Gasteiger charge is 2.35. The number of likely N-dealkylation sites (tertiary alicyclic amines) is 1. The molecule has 1 fully saturated rings. The van der Waals surface area contributed by atoms with Crippen LogP contribution < -0.4 is 0 Å². The minimum absolute atomic E-state index is 0.0306. The number of carbonyl (C=O) groups excluding carboxylic acids is 1. The number of amides is 1. The summed E-state index contributed by atoms with van der Waals surface area (Å²) in [5, 5.41) is 17.5. The van der Waals surface area contributed by atoms with E-state index in [1.165, 1.54) is 0 Å². The maximum atomic E-state index is 12.8. The third kappa shape index (κ3) is 2.65. The molecule has 1 aromatic heterocycles. The summed E-state index contributed by atoms with van der Waals surface area (Å²) in [5.74, 6) is -0.0306. The Kier molecular flexibility index (Phi) is 3.99. The van der Waals surface area contributed by atoms with Gasteiger partial charge in [0.1, 0.15) is 0 Å². The highest BCUT2D eigenvalue weighted by molar-refractivity contribution is 5.94. The fourth-order valence-electron chi connectivity index (χ4n) is 3.48. The van der Waals surface area contributed by atoms with Crippen molar-refractivity contribution in [1.29, 1.82) is 0 Å². The number of ether oxygens (including phenoxy) is 1. The number of aromatic amines is 1. The number of nitrogens with zero attached hydrogens (tertiary/aromatic N) is 2. The fourth-order valence-corrected chi connectivity index (χ4v) is 3.48. The van der Waals surface area contributed by atoms with Gasteiger partial charge in [0.15, 0.2) is 5.69 Å². The Labute approximate surface area is 130 Å². The van der Waals surface area contributed by atoms with Crippen molar-refractivity contribution in [3.63, 3.8) is 0 Å². The monoisotopic (exact) mass is 307 g/mol. The van der Waals surface area contributed by atoms with Gasteiger partial charge in [0.25, 0.3) is 5.91 Å². The van der Waals surface area contributed by atoms with E-state index >= 15 is 0 Å². The number of aromatic nitrogens is 2.